The van der Waals surface area contributed by atoms with Gasteiger partial charge in [0.2, 0.25) is 0 Å². The number of hydrogen-bond acceptors (Lipinski definition) is 8. The summed E-state index contributed by atoms with van der Waals surface area (Å²) in [6.07, 6.45) is 0. The largest absolute Gasteiger partial charge is 4.00 e. The van der Waals surface area contributed by atoms with Gasteiger partial charge < -0.3 is 38.5 Å². The number of phosphoric acid groups is 2. The van der Waals surface area contributed by atoms with Crippen molar-refractivity contribution in [2.24, 2.45) is 0 Å². The molecule has 8 nitrogen and oxygen atoms in total. The summed E-state index contributed by atoms with van der Waals surface area (Å²) in [6, 6.07) is 0. The Morgan fingerprint density at radius 3 is 0.615 bits per heavy atom. The zero-order valence-corrected chi connectivity index (χ0v) is 12.0. The third kappa shape index (κ3) is 413. The fraction of sp³-hybridized carbons (Fsp3) is 0. The van der Waals surface area contributed by atoms with E-state index in [1.807, 2.05) is 0 Å². The number of rotatable bonds is 0. The monoisotopic (exact) mass is 384 g/mol. The molecule has 0 fully saturated rings. The Kier molecular flexibility index (Phi) is 28.0. The van der Waals surface area contributed by atoms with Crippen LogP contribution in [-0.4, -0.2) is 0 Å². The molecule has 0 spiro atoms. The van der Waals surface area contributed by atoms with Gasteiger partial charge in [0, 0.05) is 0 Å². The van der Waals surface area contributed by atoms with Crippen LogP contribution in [0, 0.1) is 0 Å². The van der Waals surface area contributed by atoms with Gasteiger partial charge in [-0.15, -0.1) is 0 Å². The van der Waals surface area contributed by atoms with Crippen LogP contribution >= 0.6 is 15.6 Å². The molecular formula is HfLi2O8P2. The molecule has 0 aromatic rings. The average molecular weight is 382 g/mol. The molecule has 0 aliphatic carbocycles. The molecule has 0 aliphatic rings. The van der Waals surface area contributed by atoms with Gasteiger partial charge in [-0.25, -0.2) is 0 Å². The van der Waals surface area contributed by atoms with Crippen LogP contribution in [0.4, 0.5) is 0 Å². The molecule has 13 heavy (non-hydrogen) atoms. The first-order valence-corrected chi connectivity index (χ1v) is 4.38. The maximum Gasteiger partial charge on any atom is 4.00 e. The van der Waals surface area contributed by atoms with E-state index in [9.17, 15) is 0 Å². The average Bonchev–Trinajstić information content (AvgIpc) is 1.12. The Labute approximate surface area is 117 Å². The van der Waals surface area contributed by atoms with Crippen LogP contribution in [0.3, 0.4) is 0 Å². The maximum atomic E-state index is 8.55. The molecule has 64 valence electrons. The minimum absolute atomic E-state index is 0. The van der Waals surface area contributed by atoms with Crippen molar-refractivity contribution in [3.63, 3.8) is 0 Å². The van der Waals surface area contributed by atoms with E-state index in [4.69, 9.17) is 38.5 Å². The van der Waals surface area contributed by atoms with E-state index in [0.717, 1.165) is 0 Å². The van der Waals surface area contributed by atoms with Crippen LogP contribution in [0.25, 0.3) is 0 Å². The summed E-state index contributed by atoms with van der Waals surface area (Å²) >= 11 is 0. The van der Waals surface area contributed by atoms with Gasteiger partial charge in [0.1, 0.15) is 0 Å². The van der Waals surface area contributed by atoms with Crippen molar-refractivity contribution in [1.82, 2.24) is 0 Å². The fourth-order valence-corrected chi connectivity index (χ4v) is 0. The molecule has 0 heterocycles. The minimum atomic E-state index is -5.39. The second-order valence-corrected chi connectivity index (χ2v) is 2.68. The second-order valence-electron chi connectivity index (χ2n) is 0.894. The van der Waals surface area contributed by atoms with Crippen LogP contribution in [0.1, 0.15) is 0 Å². The molecule has 13 heteroatoms. The molecule has 0 bridgehead atoms. The Balaban J connectivity index is -0.0000000267. The van der Waals surface area contributed by atoms with Crippen LogP contribution in [-0.2, 0) is 35.0 Å². The summed E-state index contributed by atoms with van der Waals surface area (Å²) in [4.78, 5) is 51.3. The SMILES string of the molecule is O=P([O-])([O-])[O-].O=P([O-])([O-])[O-].[Hf+4].[Li+].[Li+]. The quantitative estimate of drug-likeness (QED) is 0.293. The molecular weight excluding hydrogens is 382 g/mol. The smallest absolute Gasteiger partial charge is 0.822 e. The van der Waals surface area contributed by atoms with E-state index >= 15 is 0 Å². The van der Waals surface area contributed by atoms with Gasteiger partial charge >= 0.3 is 63.6 Å². The van der Waals surface area contributed by atoms with Crippen LogP contribution in [0.15, 0.2) is 0 Å². The molecule has 0 N–H and O–H groups in total. The van der Waals surface area contributed by atoms with E-state index in [2.05, 4.69) is 0 Å². The zero-order valence-electron chi connectivity index (χ0n) is 6.66. The van der Waals surface area contributed by atoms with Crippen molar-refractivity contribution >= 4 is 15.6 Å². The Morgan fingerprint density at radius 2 is 0.615 bits per heavy atom. The van der Waals surface area contributed by atoms with Crippen LogP contribution < -0.4 is 67.1 Å². The maximum absolute atomic E-state index is 8.55. The van der Waals surface area contributed by atoms with Crippen LogP contribution in [0.5, 0.6) is 0 Å². The molecule has 0 aromatic carbocycles. The molecule has 0 aliphatic heterocycles. The summed E-state index contributed by atoms with van der Waals surface area (Å²) in [5.41, 5.74) is 0. The third-order valence-electron chi connectivity index (χ3n) is 0. The Bertz CT molecular complexity index is 132. The summed E-state index contributed by atoms with van der Waals surface area (Å²) in [6.45, 7) is 0. The first-order valence-electron chi connectivity index (χ1n) is 1.46. The van der Waals surface area contributed by atoms with Gasteiger partial charge in [-0.05, 0) is 0 Å². The second kappa shape index (κ2) is 12.4. The summed E-state index contributed by atoms with van der Waals surface area (Å²) in [5.74, 6) is 0. The van der Waals surface area contributed by atoms with Gasteiger partial charge in [0.05, 0.1) is 0 Å². The molecule has 0 unspecified atom stereocenters. The van der Waals surface area contributed by atoms with Gasteiger partial charge in [0.25, 0.3) is 0 Å². The first kappa shape index (κ1) is 29.5. The van der Waals surface area contributed by atoms with Gasteiger partial charge in [0.15, 0.2) is 0 Å². The van der Waals surface area contributed by atoms with Crippen molar-refractivity contribution in [3.8, 4) is 0 Å². The van der Waals surface area contributed by atoms with E-state index < -0.39 is 15.6 Å². The van der Waals surface area contributed by atoms with E-state index in [0.29, 0.717) is 0 Å². The van der Waals surface area contributed by atoms with Crippen molar-refractivity contribution in [2.45, 2.75) is 0 Å². The zero-order chi connectivity index (χ0) is 9.00. The number of hydrogen-bond donors (Lipinski definition) is 0. The molecule has 0 saturated heterocycles. The minimum Gasteiger partial charge on any atom is -0.822 e. The van der Waals surface area contributed by atoms with Gasteiger partial charge in [-0.2, -0.15) is 15.6 Å². The Morgan fingerprint density at radius 1 is 0.615 bits per heavy atom. The molecule has 0 aromatic heterocycles. The molecule has 0 saturated carbocycles. The van der Waals surface area contributed by atoms with Crippen molar-refractivity contribution < 1.29 is 102 Å². The fourth-order valence-electron chi connectivity index (χ4n) is 0. The van der Waals surface area contributed by atoms with Crippen LogP contribution in [0.2, 0.25) is 0 Å². The molecule has 0 atom stereocenters. The molecule has 0 radical (unpaired) electrons. The van der Waals surface area contributed by atoms with Crippen molar-refractivity contribution in [1.29, 1.82) is 0 Å². The van der Waals surface area contributed by atoms with Crippen molar-refractivity contribution in [3.05, 3.63) is 0 Å². The van der Waals surface area contributed by atoms with Gasteiger partial charge in [-0.1, -0.05) is 0 Å². The third-order valence-corrected chi connectivity index (χ3v) is 0. The van der Waals surface area contributed by atoms with Gasteiger partial charge in [-0.3, -0.25) is 0 Å². The standard InChI is InChI=1S/Hf.2Li.2H3O4P/c;;;2*1-5(2,3)4/h;;;2*(H3,1,2,3,4)/q+4;2*+1;;/p-6. The molecule has 0 amide bonds. The van der Waals surface area contributed by atoms with E-state index in [-0.39, 0.29) is 63.6 Å². The normalized spacial score (nSPS) is 9.08. The first-order chi connectivity index (χ1) is 4.00. The predicted molar refractivity (Wildman–Crippen MR) is 15.2 cm³/mol. The topological polar surface area (TPSA) is 172 Å². The summed E-state index contributed by atoms with van der Waals surface area (Å²) < 4.78 is 17.1. The van der Waals surface area contributed by atoms with Crippen molar-refractivity contribution in [2.75, 3.05) is 0 Å². The van der Waals surface area contributed by atoms with E-state index in [1.54, 1.807) is 0 Å². The predicted octanol–water partition coefficient (Wildman–Crippen LogP) is -11.6. The molecule has 0 rings (SSSR count). The Hall–Kier alpha value is 2.28. The van der Waals surface area contributed by atoms with E-state index in [1.165, 1.54) is 0 Å². The summed E-state index contributed by atoms with van der Waals surface area (Å²) in [5, 5.41) is 0. The summed E-state index contributed by atoms with van der Waals surface area (Å²) in [7, 11) is -10.8.